The Hall–Kier alpha value is -4.92. The predicted octanol–water partition coefficient (Wildman–Crippen LogP) is 4.62. The minimum atomic E-state index is -4.15. The molecule has 7 rings (SSSR count). The molecule has 2 aliphatic carbocycles. The van der Waals surface area contributed by atoms with E-state index in [9.17, 15) is 32.4 Å². The van der Waals surface area contributed by atoms with Gasteiger partial charge in [0.05, 0.1) is 11.3 Å². The number of ether oxygens (including phenoxy) is 2. The Morgan fingerprint density at radius 2 is 1.63 bits per heavy atom. The van der Waals surface area contributed by atoms with Crippen LogP contribution in [0.1, 0.15) is 95.2 Å². The third-order valence-electron chi connectivity index (χ3n) is 11.7. The molecule has 3 fully saturated rings. The third kappa shape index (κ3) is 8.98. The molecule has 3 heterocycles. The lowest BCUT2D eigenvalue weighted by Crippen LogP contribution is -2.59. The second-order valence-electron chi connectivity index (χ2n) is 17.2. The summed E-state index contributed by atoms with van der Waals surface area (Å²) in [4.78, 5) is 72.4. The Bertz CT molecular complexity index is 2000. The SMILES string of the molecule is CC(C)(C)OC(=O)N[C@H]1CCCCC/C=C\[C@H]2C[C@@]2(C(=O)NS(=O)(=O)C2(Cc3ccccc3)CC2)NC(=O)[C@@H]2C[C@@H](OC(=O)N3Cc4ccccc4C3)CN2C1=O. The zero-order chi connectivity index (χ0) is 40.6. The first kappa shape index (κ1) is 40.3. The zero-order valence-electron chi connectivity index (χ0n) is 32.8. The van der Waals surface area contributed by atoms with Gasteiger partial charge in [0.2, 0.25) is 21.8 Å². The van der Waals surface area contributed by atoms with E-state index in [0.717, 1.165) is 29.5 Å². The van der Waals surface area contributed by atoms with Crippen molar-refractivity contribution in [1.29, 1.82) is 0 Å². The largest absolute Gasteiger partial charge is 0.444 e. The third-order valence-corrected chi connectivity index (χ3v) is 13.8. The van der Waals surface area contributed by atoms with Crippen LogP contribution in [-0.4, -0.2) is 88.7 Å². The fraction of sp³-hybridized carbons (Fsp3) is 0.548. The van der Waals surface area contributed by atoms with E-state index in [2.05, 4.69) is 15.4 Å². The van der Waals surface area contributed by atoms with Crippen molar-refractivity contribution in [3.8, 4) is 0 Å². The van der Waals surface area contributed by atoms with E-state index < -0.39 is 79.9 Å². The molecular weight excluding hydrogens is 751 g/mol. The number of nitrogens with zero attached hydrogens (tertiary/aromatic N) is 2. The smallest absolute Gasteiger partial charge is 0.410 e. The van der Waals surface area contributed by atoms with Crippen LogP contribution in [-0.2, 0) is 53.4 Å². The molecule has 0 spiro atoms. The average Bonchev–Trinajstić information content (AvgIpc) is 3.97. The summed E-state index contributed by atoms with van der Waals surface area (Å²) in [5.41, 5.74) is 0.447. The summed E-state index contributed by atoms with van der Waals surface area (Å²) in [5, 5.41) is 5.59. The normalized spacial score (nSPS) is 27.6. The molecule has 5 aliphatic rings. The summed E-state index contributed by atoms with van der Waals surface area (Å²) in [6.07, 6.45) is 5.73. The number of sulfonamides is 1. The number of carbonyl (C=O) groups is 5. The van der Waals surface area contributed by atoms with Crippen molar-refractivity contribution in [3.05, 3.63) is 83.4 Å². The van der Waals surface area contributed by atoms with Crippen LogP contribution < -0.4 is 15.4 Å². The quantitative estimate of drug-likeness (QED) is 0.337. The van der Waals surface area contributed by atoms with Gasteiger partial charge < -0.3 is 25.0 Å². The highest BCUT2D eigenvalue weighted by Gasteiger charge is 2.64. The number of hydrogen-bond donors (Lipinski definition) is 3. The van der Waals surface area contributed by atoms with Gasteiger partial charge in [0.15, 0.2) is 0 Å². The lowest BCUT2D eigenvalue weighted by molar-refractivity contribution is -0.141. The van der Waals surface area contributed by atoms with Gasteiger partial charge in [-0.15, -0.1) is 0 Å². The molecule has 306 valence electrons. The van der Waals surface area contributed by atoms with Crippen LogP contribution in [0, 0.1) is 5.92 Å². The van der Waals surface area contributed by atoms with Crippen LogP contribution >= 0.6 is 0 Å². The van der Waals surface area contributed by atoms with Crippen LogP contribution in [0.4, 0.5) is 9.59 Å². The van der Waals surface area contributed by atoms with E-state index in [4.69, 9.17) is 9.47 Å². The van der Waals surface area contributed by atoms with E-state index in [-0.39, 0.29) is 32.2 Å². The maximum atomic E-state index is 14.5. The Balaban J connectivity index is 1.13. The van der Waals surface area contributed by atoms with Crippen LogP contribution in [0.5, 0.6) is 0 Å². The van der Waals surface area contributed by atoms with Gasteiger partial charge in [-0.05, 0) is 82.4 Å². The molecule has 5 amide bonds. The molecule has 0 aromatic heterocycles. The van der Waals surface area contributed by atoms with Gasteiger partial charge in [0.1, 0.15) is 29.3 Å². The standard InChI is InChI=1S/C42H53N5O9S/c1-40(2,3)56-38(51)43-33-19-11-6-4-5-10-18-31-24-42(31,37(50)45-57(53,54)41(20-21-41)23-28-14-8-7-9-15-28)44-35(48)34-22-32(27-47(34)36(33)49)55-39(52)46-25-29-16-12-13-17-30(29)26-46/h7-10,12-18,31-34H,4-6,11,19-27H2,1-3H3,(H,43,51)(H,44,48)(H,45,50)/b18-10-/t31-,32+,33-,34-,42+/m0/s1. The number of hydrogen-bond acceptors (Lipinski definition) is 9. The van der Waals surface area contributed by atoms with Gasteiger partial charge in [-0.3, -0.25) is 24.0 Å². The molecule has 0 unspecified atom stereocenters. The lowest BCUT2D eigenvalue weighted by Gasteiger charge is -2.30. The molecular formula is C42H53N5O9S. The Morgan fingerprint density at radius 3 is 2.30 bits per heavy atom. The van der Waals surface area contributed by atoms with Gasteiger partial charge in [-0.25, -0.2) is 18.0 Å². The molecule has 2 aromatic carbocycles. The van der Waals surface area contributed by atoms with Crippen LogP contribution in [0.2, 0.25) is 0 Å². The molecule has 1 saturated heterocycles. The number of fused-ring (bicyclic) bond motifs is 3. The highest BCUT2D eigenvalue weighted by Crippen LogP contribution is 2.49. The molecule has 3 N–H and O–H groups in total. The second-order valence-corrected chi connectivity index (χ2v) is 19.3. The lowest BCUT2D eigenvalue weighted by atomic mass is 10.0. The number of amides is 5. The monoisotopic (exact) mass is 803 g/mol. The molecule has 14 nitrogen and oxygen atoms in total. The van der Waals surface area contributed by atoms with Gasteiger partial charge in [-0.2, -0.15) is 0 Å². The van der Waals surface area contributed by atoms with Crippen LogP contribution in [0.15, 0.2) is 66.7 Å². The summed E-state index contributed by atoms with van der Waals surface area (Å²) >= 11 is 0. The van der Waals surface area contributed by atoms with Gasteiger partial charge in [0.25, 0.3) is 5.91 Å². The topological polar surface area (TPSA) is 181 Å². The highest BCUT2D eigenvalue weighted by atomic mass is 32.2. The molecule has 15 heteroatoms. The summed E-state index contributed by atoms with van der Waals surface area (Å²) in [6, 6.07) is 14.7. The molecule has 2 saturated carbocycles. The van der Waals surface area contributed by atoms with Crippen molar-refractivity contribution in [2.75, 3.05) is 6.54 Å². The van der Waals surface area contributed by atoms with Gasteiger partial charge in [-0.1, -0.05) is 79.6 Å². The van der Waals surface area contributed by atoms with Crippen molar-refractivity contribution in [2.45, 2.75) is 132 Å². The Morgan fingerprint density at radius 1 is 0.947 bits per heavy atom. The van der Waals surface area contributed by atoms with E-state index in [1.807, 2.05) is 66.7 Å². The summed E-state index contributed by atoms with van der Waals surface area (Å²) in [7, 11) is -4.15. The minimum Gasteiger partial charge on any atom is -0.444 e. The van der Waals surface area contributed by atoms with Crippen LogP contribution in [0.25, 0.3) is 0 Å². The maximum Gasteiger partial charge on any atom is 0.410 e. The fourth-order valence-corrected chi connectivity index (χ4v) is 9.90. The number of carbonyl (C=O) groups excluding carboxylic acids is 5. The number of alkyl carbamates (subject to hydrolysis) is 1. The molecule has 0 bridgehead atoms. The maximum absolute atomic E-state index is 14.5. The van der Waals surface area contributed by atoms with Gasteiger partial charge >= 0.3 is 12.2 Å². The Kier molecular flexibility index (Phi) is 11.2. The molecule has 0 radical (unpaired) electrons. The first-order valence-corrected chi connectivity index (χ1v) is 21.5. The van der Waals surface area contributed by atoms with E-state index in [1.165, 1.54) is 4.90 Å². The van der Waals surface area contributed by atoms with Crippen molar-refractivity contribution in [1.82, 2.24) is 25.2 Å². The average molecular weight is 804 g/mol. The first-order chi connectivity index (χ1) is 27.1. The first-order valence-electron chi connectivity index (χ1n) is 20.0. The number of rotatable bonds is 7. The highest BCUT2D eigenvalue weighted by molar-refractivity contribution is 7.91. The number of benzene rings is 2. The minimum absolute atomic E-state index is 0.0695. The molecule has 5 atom stereocenters. The van der Waals surface area contributed by atoms with Crippen LogP contribution in [0.3, 0.4) is 0 Å². The second kappa shape index (κ2) is 15.8. The number of allylic oxidation sites excluding steroid dienone is 1. The van der Waals surface area contributed by atoms with Crippen molar-refractivity contribution < 1.29 is 41.9 Å². The summed E-state index contributed by atoms with van der Waals surface area (Å²) < 4.78 is 40.4. The van der Waals surface area contributed by atoms with E-state index in [1.54, 1.807) is 25.7 Å². The molecule has 57 heavy (non-hydrogen) atoms. The number of nitrogens with one attached hydrogen (secondary N) is 3. The predicted molar refractivity (Wildman–Crippen MR) is 210 cm³/mol. The zero-order valence-corrected chi connectivity index (χ0v) is 33.6. The summed E-state index contributed by atoms with van der Waals surface area (Å²) in [5.74, 6) is -2.55. The Labute approximate surface area is 334 Å². The van der Waals surface area contributed by atoms with Crippen molar-refractivity contribution in [2.24, 2.45) is 5.92 Å². The van der Waals surface area contributed by atoms with Crippen molar-refractivity contribution in [3.63, 3.8) is 0 Å². The molecule has 3 aliphatic heterocycles. The van der Waals surface area contributed by atoms with E-state index in [0.29, 0.717) is 38.8 Å². The molecule has 2 aromatic rings. The summed E-state index contributed by atoms with van der Waals surface area (Å²) in [6.45, 7) is 5.74. The van der Waals surface area contributed by atoms with Crippen molar-refractivity contribution >= 4 is 39.9 Å². The van der Waals surface area contributed by atoms with Gasteiger partial charge in [0, 0.05) is 25.4 Å². The fourth-order valence-electron chi connectivity index (χ4n) is 8.26. The van der Waals surface area contributed by atoms with E-state index >= 15 is 0 Å².